The summed E-state index contributed by atoms with van der Waals surface area (Å²) in [5.41, 5.74) is 1.02. The predicted octanol–water partition coefficient (Wildman–Crippen LogP) is 2.36. The molecule has 17 heavy (non-hydrogen) atoms. The average molecular weight is 235 g/mol. The summed E-state index contributed by atoms with van der Waals surface area (Å²) in [6.45, 7) is 2.61. The summed E-state index contributed by atoms with van der Waals surface area (Å²) in [5, 5.41) is 12.1. The number of aliphatic carboxylic acids is 1. The van der Waals surface area contributed by atoms with Crippen LogP contribution in [0.25, 0.3) is 0 Å². The van der Waals surface area contributed by atoms with Gasteiger partial charge in [0.2, 0.25) is 0 Å². The molecule has 1 saturated carbocycles. The summed E-state index contributed by atoms with van der Waals surface area (Å²) in [6, 6.07) is 8.03. The maximum atomic E-state index is 10.7. The molecule has 0 aromatic heterocycles. The molecule has 4 nitrogen and oxygen atoms in total. The van der Waals surface area contributed by atoms with E-state index in [2.05, 4.69) is 5.32 Å². The number of carbonyl (C=O) groups is 1. The lowest BCUT2D eigenvalue weighted by atomic mass is 9.80. The fourth-order valence-electron chi connectivity index (χ4n) is 1.99. The second-order valence-corrected chi connectivity index (χ2v) is 4.31. The SMILES string of the molecule is CCOc1ccc(NC2CC(C(=O)O)C2)cc1. The van der Waals surface area contributed by atoms with Gasteiger partial charge < -0.3 is 15.2 Å². The molecule has 0 bridgehead atoms. The van der Waals surface area contributed by atoms with Crippen LogP contribution in [-0.2, 0) is 4.79 Å². The summed E-state index contributed by atoms with van der Waals surface area (Å²) < 4.78 is 5.35. The fraction of sp³-hybridized carbons (Fsp3) is 0.462. The summed E-state index contributed by atoms with van der Waals surface area (Å²) in [7, 11) is 0. The first-order chi connectivity index (χ1) is 8.19. The van der Waals surface area contributed by atoms with E-state index in [1.807, 2.05) is 31.2 Å². The lowest BCUT2D eigenvalue weighted by Gasteiger charge is -2.33. The number of nitrogens with one attached hydrogen (secondary N) is 1. The molecule has 4 heteroatoms. The average Bonchev–Trinajstić information content (AvgIpc) is 2.25. The number of carboxylic acids is 1. The molecule has 1 aromatic carbocycles. The highest BCUT2D eigenvalue weighted by Crippen LogP contribution is 2.30. The minimum Gasteiger partial charge on any atom is -0.494 e. The van der Waals surface area contributed by atoms with Crippen molar-refractivity contribution in [1.29, 1.82) is 0 Å². The van der Waals surface area contributed by atoms with Gasteiger partial charge in [-0.05, 0) is 44.0 Å². The molecule has 0 spiro atoms. The van der Waals surface area contributed by atoms with Gasteiger partial charge in [0.25, 0.3) is 0 Å². The van der Waals surface area contributed by atoms with Crippen molar-refractivity contribution in [2.75, 3.05) is 11.9 Å². The molecule has 0 heterocycles. The summed E-state index contributed by atoms with van der Waals surface area (Å²) in [6.07, 6.45) is 1.42. The normalized spacial score (nSPS) is 22.6. The van der Waals surface area contributed by atoms with Crippen molar-refractivity contribution >= 4 is 11.7 Å². The maximum absolute atomic E-state index is 10.7. The maximum Gasteiger partial charge on any atom is 0.306 e. The Hall–Kier alpha value is -1.71. The fourth-order valence-corrected chi connectivity index (χ4v) is 1.99. The topological polar surface area (TPSA) is 58.6 Å². The van der Waals surface area contributed by atoms with Crippen molar-refractivity contribution in [2.45, 2.75) is 25.8 Å². The number of hydrogen-bond acceptors (Lipinski definition) is 3. The Bertz CT molecular complexity index is 382. The zero-order valence-electron chi connectivity index (χ0n) is 9.85. The molecule has 92 valence electrons. The van der Waals surface area contributed by atoms with Crippen LogP contribution in [0.5, 0.6) is 5.75 Å². The highest BCUT2D eigenvalue weighted by Gasteiger charge is 2.34. The van der Waals surface area contributed by atoms with E-state index in [1.165, 1.54) is 0 Å². The van der Waals surface area contributed by atoms with E-state index in [-0.39, 0.29) is 12.0 Å². The Labute approximate surface area is 101 Å². The summed E-state index contributed by atoms with van der Waals surface area (Å²) in [5.74, 6) is 0.0000126. The molecular formula is C13H17NO3. The summed E-state index contributed by atoms with van der Waals surface area (Å²) in [4.78, 5) is 10.7. The molecule has 0 saturated heterocycles. The van der Waals surface area contributed by atoms with Gasteiger partial charge in [0.15, 0.2) is 0 Å². The van der Waals surface area contributed by atoms with Crippen LogP contribution in [0.1, 0.15) is 19.8 Å². The molecule has 0 atom stereocenters. The number of carboxylic acid groups (broad SMARTS) is 1. The summed E-state index contributed by atoms with van der Waals surface area (Å²) >= 11 is 0. The Morgan fingerprint density at radius 1 is 1.41 bits per heavy atom. The quantitative estimate of drug-likeness (QED) is 0.822. The van der Waals surface area contributed by atoms with E-state index in [0.29, 0.717) is 19.4 Å². The Kier molecular flexibility index (Phi) is 3.52. The highest BCUT2D eigenvalue weighted by atomic mass is 16.5. The van der Waals surface area contributed by atoms with E-state index in [1.54, 1.807) is 0 Å². The Morgan fingerprint density at radius 2 is 2.06 bits per heavy atom. The molecule has 2 N–H and O–H groups in total. The van der Waals surface area contributed by atoms with Gasteiger partial charge >= 0.3 is 5.97 Å². The number of anilines is 1. The van der Waals surface area contributed by atoms with Crippen molar-refractivity contribution in [3.05, 3.63) is 24.3 Å². The minimum atomic E-state index is -0.685. The van der Waals surface area contributed by atoms with Crippen LogP contribution in [0.15, 0.2) is 24.3 Å². The van der Waals surface area contributed by atoms with Crippen LogP contribution in [0, 0.1) is 5.92 Å². The third-order valence-corrected chi connectivity index (χ3v) is 3.02. The van der Waals surface area contributed by atoms with Crippen molar-refractivity contribution in [3.63, 3.8) is 0 Å². The van der Waals surface area contributed by atoms with Crippen LogP contribution < -0.4 is 10.1 Å². The Balaban J connectivity index is 1.82. The van der Waals surface area contributed by atoms with Crippen LogP contribution in [0.2, 0.25) is 0 Å². The first-order valence-electron chi connectivity index (χ1n) is 5.91. The van der Waals surface area contributed by atoms with E-state index >= 15 is 0 Å². The minimum absolute atomic E-state index is 0.171. The molecule has 0 aliphatic heterocycles. The predicted molar refractivity (Wildman–Crippen MR) is 65.4 cm³/mol. The van der Waals surface area contributed by atoms with E-state index < -0.39 is 5.97 Å². The van der Waals surface area contributed by atoms with Gasteiger partial charge in [-0.1, -0.05) is 0 Å². The monoisotopic (exact) mass is 235 g/mol. The largest absolute Gasteiger partial charge is 0.494 e. The zero-order valence-corrected chi connectivity index (χ0v) is 9.85. The molecule has 0 amide bonds. The first-order valence-corrected chi connectivity index (χ1v) is 5.91. The highest BCUT2D eigenvalue weighted by molar-refractivity contribution is 5.71. The third-order valence-electron chi connectivity index (χ3n) is 3.02. The van der Waals surface area contributed by atoms with Crippen LogP contribution in [-0.4, -0.2) is 23.7 Å². The molecule has 0 radical (unpaired) electrons. The van der Waals surface area contributed by atoms with Crippen molar-refractivity contribution in [2.24, 2.45) is 5.92 Å². The van der Waals surface area contributed by atoms with Crippen molar-refractivity contribution < 1.29 is 14.6 Å². The second kappa shape index (κ2) is 5.08. The van der Waals surface area contributed by atoms with Gasteiger partial charge in [0.05, 0.1) is 12.5 Å². The third kappa shape index (κ3) is 2.90. The lowest BCUT2D eigenvalue weighted by molar-refractivity contribution is -0.144. The standard InChI is InChI=1S/C13H17NO3/c1-2-17-12-5-3-10(4-6-12)14-11-7-9(8-11)13(15)16/h3-6,9,11,14H,2,7-8H2,1H3,(H,15,16). The van der Waals surface area contributed by atoms with E-state index in [9.17, 15) is 4.79 Å². The molecular weight excluding hydrogens is 218 g/mol. The van der Waals surface area contributed by atoms with Gasteiger partial charge in [-0.25, -0.2) is 0 Å². The lowest BCUT2D eigenvalue weighted by Crippen LogP contribution is -2.39. The van der Waals surface area contributed by atoms with Gasteiger partial charge in [-0.2, -0.15) is 0 Å². The van der Waals surface area contributed by atoms with Gasteiger partial charge in [-0.3, -0.25) is 4.79 Å². The van der Waals surface area contributed by atoms with Crippen molar-refractivity contribution in [1.82, 2.24) is 0 Å². The first kappa shape index (κ1) is 11.8. The number of hydrogen-bond donors (Lipinski definition) is 2. The molecule has 1 aliphatic rings. The van der Waals surface area contributed by atoms with E-state index in [0.717, 1.165) is 11.4 Å². The smallest absolute Gasteiger partial charge is 0.306 e. The molecule has 1 fully saturated rings. The number of benzene rings is 1. The van der Waals surface area contributed by atoms with Crippen molar-refractivity contribution in [3.8, 4) is 5.75 Å². The number of ether oxygens (including phenoxy) is 1. The molecule has 1 aliphatic carbocycles. The van der Waals surface area contributed by atoms with Crippen LogP contribution in [0.3, 0.4) is 0 Å². The van der Waals surface area contributed by atoms with Gasteiger partial charge in [0.1, 0.15) is 5.75 Å². The zero-order chi connectivity index (χ0) is 12.3. The van der Waals surface area contributed by atoms with Crippen LogP contribution in [0.4, 0.5) is 5.69 Å². The second-order valence-electron chi connectivity index (χ2n) is 4.31. The molecule has 2 rings (SSSR count). The van der Waals surface area contributed by atoms with Gasteiger partial charge in [-0.15, -0.1) is 0 Å². The molecule has 1 aromatic rings. The van der Waals surface area contributed by atoms with Crippen LogP contribution >= 0.6 is 0 Å². The van der Waals surface area contributed by atoms with E-state index in [4.69, 9.17) is 9.84 Å². The number of rotatable bonds is 5. The molecule has 0 unspecified atom stereocenters. The Morgan fingerprint density at radius 3 is 2.59 bits per heavy atom. The van der Waals surface area contributed by atoms with Gasteiger partial charge in [0, 0.05) is 11.7 Å².